The topological polar surface area (TPSA) is 76.5 Å². The number of fused-ring (bicyclic) bond motifs is 1. The van der Waals surface area contributed by atoms with Crippen LogP contribution in [0.4, 0.5) is 0 Å². The van der Waals surface area contributed by atoms with Crippen molar-refractivity contribution >= 4 is 43.6 Å². The van der Waals surface area contributed by atoms with Gasteiger partial charge >= 0.3 is 0 Å². The molecule has 20 heavy (non-hydrogen) atoms. The lowest BCUT2D eigenvalue weighted by Gasteiger charge is -1.89. The Morgan fingerprint density at radius 1 is 1.30 bits per heavy atom. The highest BCUT2D eigenvalue weighted by Gasteiger charge is 2.11. The number of hydrogen-bond donors (Lipinski definition) is 1. The largest absolute Gasteiger partial charge is 0.454 e. The predicted octanol–water partition coefficient (Wildman–Crippen LogP) is 4.68. The van der Waals surface area contributed by atoms with Crippen LogP contribution in [0.25, 0.3) is 27.8 Å². The van der Waals surface area contributed by atoms with Gasteiger partial charge in [-0.15, -0.1) is 11.3 Å². The van der Waals surface area contributed by atoms with Crippen LogP contribution in [0.3, 0.4) is 0 Å². The molecule has 0 aliphatic carbocycles. The van der Waals surface area contributed by atoms with Gasteiger partial charge in [0.15, 0.2) is 5.76 Å². The van der Waals surface area contributed by atoms with Crippen molar-refractivity contribution in [2.75, 3.05) is 0 Å². The molecule has 0 spiro atoms. The molecule has 0 bridgehead atoms. The zero-order valence-electron chi connectivity index (χ0n) is 9.98. The molecule has 3 aromatic heterocycles. The maximum Gasteiger partial charge on any atom is 0.152 e. The maximum absolute atomic E-state index is 8.74. The summed E-state index contributed by atoms with van der Waals surface area (Å²) < 4.78 is 7.63. The summed E-state index contributed by atoms with van der Waals surface area (Å²) in [5.41, 5.74) is 1.73. The molecule has 0 aromatic carbocycles. The van der Waals surface area contributed by atoms with Crippen LogP contribution in [0.2, 0.25) is 0 Å². The summed E-state index contributed by atoms with van der Waals surface area (Å²) >= 11 is 4.84. The van der Waals surface area contributed by atoms with Crippen molar-refractivity contribution in [3.63, 3.8) is 0 Å². The van der Waals surface area contributed by atoms with E-state index < -0.39 is 0 Å². The molecule has 6 heteroatoms. The lowest BCUT2D eigenvalue weighted by atomic mass is 10.3. The lowest BCUT2D eigenvalue weighted by molar-refractivity contribution is 0.630. The fraction of sp³-hybridized carbons (Fsp3) is 0. The third-order valence-electron chi connectivity index (χ3n) is 2.67. The Hall–Kier alpha value is -2.28. The monoisotopic (exact) mass is 343 g/mol. The fourth-order valence-corrected chi connectivity index (χ4v) is 3.11. The van der Waals surface area contributed by atoms with Crippen LogP contribution in [0.1, 0.15) is 4.88 Å². The van der Waals surface area contributed by atoms with Gasteiger partial charge in [0.2, 0.25) is 0 Å². The van der Waals surface area contributed by atoms with Gasteiger partial charge in [-0.1, -0.05) is 0 Å². The molecule has 0 aliphatic rings. The number of H-pyrrole nitrogens is 1. The number of allylic oxidation sites excluding steroid dienone is 1. The maximum atomic E-state index is 8.74. The summed E-state index contributed by atoms with van der Waals surface area (Å²) in [6.07, 6.45) is 1.56. The first-order valence-corrected chi connectivity index (χ1v) is 7.20. The summed E-state index contributed by atoms with van der Waals surface area (Å²) in [4.78, 5) is 3.97. The second kappa shape index (κ2) is 5.01. The molecule has 3 aromatic rings. The Labute approximate surface area is 126 Å². The molecule has 0 radical (unpaired) electrons. The minimum atomic E-state index is 0.0856. The molecule has 1 N–H and O–H groups in total. The van der Waals surface area contributed by atoms with Crippen molar-refractivity contribution in [3.05, 3.63) is 39.3 Å². The normalized spacial score (nSPS) is 10.2. The van der Waals surface area contributed by atoms with E-state index in [9.17, 15) is 0 Å². The fourth-order valence-electron chi connectivity index (χ4n) is 1.80. The lowest BCUT2D eigenvalue weighted by Crippen LogP contribution is -1.71. The van der Waals surface area contributed by atoms with Gasteiger partial charge in [0.05, 0.1) is 15.0 Å². The summed E-state index contributed by atoms with van der Waals surface area (Å²) in [6, 6.07) is 11.3. The average Bonchev–Trinajstić information content (AvgIpc) is 3.09. The number of rotatable bonds is 2. The van der Waals surface area contributed by atoms with Gasteiger partial charge in [0, 0.05) is 10.9 Å². The molecule has 4 nitrogen and oxygen atoms in total. The van der Waals surface area contributed by atoms with Gasteiger partial charge in [0.1, 0.15) is 23.3 Å². The molecule has 3 heterocycles. The number of nitriles is 2. The SMILES string of the molecule is N#CC(C#N)=Cc1cc2oc(-c3ccc(Br)[nH]3)cc2s1. The smallest absolute Gasteiger partial charge is 0.152 e. The Kier molecular flexibility index (Phi) is 3.19. The predicted molar refractivity (Wildman–Crippen MR) is 80.8 cm³/mol. The second-order valence-electron chi connectivity index (χ2n) is 3.99. The van der Waals surface area contributed by atoms with E-state index in [0.717, 1.165) is 31.2 Å². The first kappa shape index (κ1) is 12.7. The van der Waals surface area contributed by atoms with Crippen LogP contribution >= 0.6 is 27.3 Å². The number of nitrogens with zero attached hydrogens (tertiary/aromatic N) is 2. The van der Waals surface area contributed by atoms with Gasteiger partial charge in [-0.25, -0.2) is 0 Å². The highest BCUT2D eigenvalue weighted by Crippen LogP contribution is 2.34. The Morgan fingerprint density at radius 2 is 2.10 bits per heavy atom. The van der Waals surface area contributed by atoms with E-state index in [2.05, 4.69) is 20.9 Å². The molecule has 0 unspecified atom stereocenters. The van der Waals surface area contributed by atoms with Gasteiger partial charge in [-0.3, -0.25) is 0 Å². The minimum absolute atomic E-state index is 0.0856. The zero-order chi connectivity index (χ0) is 14.1. The molecular formula is C14H6BrN3OS. The Morgan fingerprint density at radius 3 is 2.70 bits per heavy atom. The molecule has 0 saturated heterocycles. The van der Waals surface area contributed by atoms with Crippen molar-refractivity contribution in [1.82, 2.24) is 4.98 Å². The average molecular weight is 344 g/mol. The van der Waals surface area contributed by atoms with Crippen molar-refractivity contribution in [2.45, 2.75) is 0 Å². The van der Waals surface area contributed by atoms with Crippen molar-refractivity contribution in [1.29, 1.82) is 10.5 Å². The van der Waals surface area contributed by atoms with E-state index in [0.29, 0.717) is 0 Å². The quantitative estimate of drug-likeness (QED) is 0.686. The number of aromatic nitrogens is 1. The third-order valence-corrected chi connectivity index (χ3v) is 4.14. The molecule has 0 saturated carbocycles. The number of nitrogens with one attached hydrogen (secondary N) is 1. The van der Waals surface area contributed by atoms with E-state index in [1.165, 1.54) is 11.3 Å². The third kappa shape index (κ3) is 2.27. The van der Waals surface area contributed by atoms with Crippen LogP contribution in [0.15, 0.2) is 38.9 Å². The van der Waals surface area contributed by atoms with E-state index >= 15 is 0 Å². The number of halogens is 1. The molecule has 0 amide bonds. The van der Waals surface area contributed by atoms with E-state index in [4.69, 9.17) is 14.9 Å². The van der Waals surface area contributed by atoms with Crippen LogP contribution < -0.4 is 0 Å². The van der Waals surface area contributed by atoms with Crippen LogP contribution in [-0.4, -0.2) is 4.98 Å². The highest BCUT2D eigenvalue weighted by molar-refractivity contribution is 9.10. The van der Waals surface area contributed by atoms with Gasteiger partial charge < -0.3 is 9.40 Å². The van der Waals surface area contributed by atoms with Crippen LogP contribution in [0, 0.1) is 22.7 Å². The zero-order valence-corrected chi connectivity index (χ0v) is 12.4. The molecule has 0 atom stereocenters. The summed E-state index contributed by atoms with van der Waals surface area (Å²) in [5.74, 6) is 0.758. The second-order valence-corrected chi connectivity index (χ2v) is 5.96. The van der Waals surface area contributed by atoms with Crippen LogP contribution in [-0.2, 0) is 0 Å². The summed E-state index contributed by atoms with van der Waals surface area (Å²) in [7, 11) is 0. The number of thiophene rings is 1. The van der Waals surface area contributed by atoms with E-state index in [1.807, 2.05) is 36.4 Å². The first-order valence-electron chi connectivity index (χ1n) is 5.60. The standard InChI is InChI=1S/C14H6BrN3OS/c15-14-2-1-10(18-14)11-5-13-12(19-11)4-9(20-13)3-8(6-16)7-17/h1-5,18H. The Balaban J connectivity index is 2.00. The van der Waals surface area contributed by atoms with Crippen molar-refractivity contribution < 1.29 is 4.42 Å². The van der Waals surface area contributed by atoms with Crippen molar-refractivity contribution in [2.24, 2.45) is 0 Å². The summed E-state index contributed by atoms with van der Waals surface area (Å²) in [6.45, 7) is 0. The molecule has 0 aliphatic heterocycles. The van der Waals surface area contributed by atoms with E-state index in [1.54, 1.807) is 6.08 Å². The first-order chi connectivity index (χ1) is 9.69. The molecule has 96 valence electrons. The van der Waals surface area contributed by atoms with Gasteiger partial charge in [-0.05, 0) is 40.2 Å². The van der Waals surface area contributed by atoms with E-state index in [-0.39, 0.29) is 5.57 Å². The highest BCUT2D eigenvalue weighted by atomic mass is 79.9. The number of aromatic amines is 1. The van der Waals surface area contributed by atoms with Gasteiger partial charge in [-0.2, -0.15) is 10.5 Å². The minimum Gasteiger partial charge on any atom is -0.454 e. The van der Waals surface area contributed by atoms with Crippen molar-refractivity contribution in [3.8, 4) is 23.6 Å². The Bertz CT molecular complexity index is 854. The van der Waals surface area contributed by atoms with Crippen LogP contribution in [0.5, 0.6) is 0 Å². The molecule has 0 fully saturated rings. The molecule has 3 rings (SSSR count). The van der Waals surface area contributed by atoms with Gasteiger partial charge in [0.25, 0.3) is 0 Å². The number of hydrogen-bond acceptors (Lipinski definition) is 4. The summed E-state index contributed by atoms with van der Waals surface area (Å²) in [5, 5.41) is 17.5. The molecular weight excluding hydrogens is 338 g/mol. The number of furan rings is 1.